The second-order valence-electron chi connectivity index (χ2n) is 4.75. The molecule has 0 radical (unpaired) electrons. The predicted octanol–water partition coefficient (Wildman–Crippen LogP) is 3.36. The smallest absolute Gasteiger partial charge is 0.205 e. The minimum Gasteiger partial charge on any atom is -0.490 e. The molecule has 0 saturated heterocycles. The molecule has 0 fully saturated rings. The van der Waals surface area contributed by atoms with Crippen molar-refractivity contribution in [1.29, 1.82) is 0 Å². The Morgan fingerprint density at radius 1 is 1.41 bits per heavy atom. The first-order chi connectivity index (χ1) is 10.6. The summed E-state index contributed by atoms with van der Waals surface area (Å²) in [6, 6.07) is 5.69. The van der Waals surface area contributed by atoms with Gasteiger partial charge in [-0.2, -0.15) is 5.10 Å². The standard InChI is InChI=1S/C15H20N4O2S/c1-4-20-13-7-11(5-6-12(13)21-10(2)3)8-17-19-15-18-14(16)9-22-15/h5-10H,4,16H2,1-3H3,(H,18,19). The quantitative estimate of drug-likeness (QED) is 0.604. The van der Waals surface area contributed by atoms with E-state index >= 15 is 0 Å². The molecule has 1 aromatic carbocycles. The molecule has 7 heteroatoms. The van der Waals surface area contributed by atoms with Crippen molar-refractivity contribution in [3.05, 3.63) is 29.1 Å². The molecular formula is C15H20N4O2S. The number of nitrogens with zero attached hydrogens (tertiary/aromatic N) is 2. The lowest BCUT2D eigenvalue weighted by molar-refractivity contribution is 0.224. The van der Waals surface area contributed by atoms with Crippen LogP contribution in [0.25, 0.3) is 0 Å². The summed E-state index contributed by atoms with van der Waals surface area (Å²) in [5.41, 5.74) is 9.28. The molecule has 0 saturated carbocycles. The number of nitrogens with one attached hydrogen (secondary N) is 1. The zero-order chi connectivity index (χ0) is 15.9. The molecule has 1 aromatic heterocycles. The number of nitrogen functional groups attached to an aromatic ring is 1. The van der Waals surface area contributed by atoms with Crippen LogP contribution in [-0.4, -0.2) is 23.9 Å². The number of rotatable bonds is 7. The first-order valence-corrected chi connectivity index (χ1v) is 7.90. The molecule has 22 heavy (non-hydrogen) atoms. The number of aromatic nitrogens is 1. The molecule has 0 spiro atoms. The first-order valence-electron chi connectivity index (χ1n) is 7.02. The van der Waals surface area contributed by atoms with Crippen molar-refractivity contribution in [3.63, 3.8) is 0 Å². The van der Waals surface area contributed by atoms with Crippen molar-refractivity contribution in [2.45, 2.75) is 26.9 Å². The Morgan fingerprint density at radius 3 is 2.86 bits per heavy atom. The summed E-state index contributed by atoms with van der Waals surface area (Å²) in [7, 11) is 0. The molecule has 0 aliphatic rings. The number of ether oxygens (including phenoxy) is 2. The average Bonchev–Trinajstić information content (AvgIpc) is 2.87. The number of hydrogen-bond donors (Lipinski definition) is 2. The van der Waals surface area contributed by atoms with E-state index in [-0.39, 0.29) is 6.10 Å². The summed E-state index contributed by atoms with van der Waals surface area (Å²) in [6.45, 7) is 6.48. The molecule has 118 valence electrons. The molecule has 2 aromatic rings. The lowest BCUT2D eigenvalue weighted by atomic mass is 10.2. The highest BCUT2D eigenvalue weighted by atomic mass is 32.1. The third-order valence-corrected chi connectivity index (χ3v) is 3.29. The van der Waals surface area contributed by atoms with Crippen molar-refractivity contribution in [1.82, 2.24) is 4.98 Å². The molecule has 0 bridgehead atoms. The minimum absolute atomic E-state index is 0.0933. The van der Waals surface area contributed by atoms with Gasteiger partial charge in [0.1, 0.15) is 5.82 Å². The number of benzene rings is 1. The molecule has 0 amide bonds. The monoisotopic (exact) mass is 320 g/mol. The van der Waals surface area contributed by atoms with Gasteiger partial charge in [0.2, 0.25) is 5.13 Å². The van der Waals surface area contributed by atoms with E-state index < -0.39 is 0 Å². The maximum absolute atomic E-state index is 5.72. The van der Waals surface area contributed by atoms with Crippen molar-refractivity contribution in [2.75, 3.05) is 17.8 Å². The van der Waals surface area contributed by atoms with E-state index in [1.54, 1.807) is 11.6 Å². The lowest BCUT2D eigenvalue weighted by Gasteiger charge is -2.14. The number of nitrogens with two attached hydrogens (primary N) is 1. The first kappa shape index (κ1) is 16.1. The summed E-state index contributed by atoms with van der Waals surface area (Å²) < 4.78 is 11.3. The summed E-state index contributed by atoms with van der Waals surface area (Å²) >= 11 is 1.40. The molecule has 2 rings (SSSR count). The van der Waals surface area contributed by atoms with Crippen LogP contribution < -0.4 is 20.6 Å². The summed E-state index contributed by atoms with van der Waals surface area (Å²) in [5, 5.41) is 6.54. The fourth-order valence-electron chi connectivity index (χ4n) is 1.72. The number of hydrazone groups is 1. The van der Waals surface area contributed by atoms with Crippen molar-refractivity contribution >= 4 is 28.5 Å². The fraction of sp³-hybridized carbons (Fsp3) is 0.333. The lowest BCUT2D eigenvalue weighted by Crippen LogP contribution is -2.07. The molecule has 0 aliphatic carbocycles. The minimum atomic E-state index is 0.0933. The van der Waals surface area contributed by atoms with Gasteiger partial charge < -0.3 is 15.2 Å². The van der Waals surface area contributed by atoms with Crippen LogP contribution in [0, 0.1) is 0 Å². The zero-order valence-electron chi connectivity index (χ0n) is 12.9. The molecule has 0 unspecified atom stereocenters. The Hall–Kier alpha value is -2.28. The maximum Gasteiger partial charge on any atom is 0.205 e. The summed E-state index contributed by atoms with van der Waals surface area (Å²) in [6.07, 6.45) is 1.79. The van der Waals surface area contributed by atoms with Crippen molar-refractivity contribution in [2.24, 2.45) is 5.10 Å². The van der Waals surface area contributed by atoms with Gasteiger partial charge in [0.15, 0.2) is 11.5 Å². The van der Waals surface area contributed by atoms with E-state index in [1.165, 1.54) is 11.3 Å². The van der Waals surface area contributed by atoms with Crippen LogP contribution in [0.5, 0.6) is 11.5 Å². The normalized spacial score (nSPS) is 11.1. The van der Waals surface area contributed by atoms with Gasteiger partial charge >= 0.3 is 0 Å². The highest BCUT2D eigenvalue weighted by molar-refractivity contribution is 7.14. The van der Waals surface area contributed by atoms with Crippen LogP contribution in [0.2, 0.25) is 0 Å². The van der Waals surface area contributed by atoms with Crippen molar-refractivity contribution < 1.29 is 9.47 Å². The van der Waals surface area contributed by atoms with E-state index in [1.807, 2.05) is 39.0 Å². The van der Waals surface area contributed by atoms with Gasteiger partial charge in [-0.3, -0.25) is 5.43 Å². The van der Waals surface area contributed by atoms with Crippen LogP contribution in [0.15, 0.2) is 28.7 Å². The predicted molar refractivity (Wildman–Crippen MR) is 91.1 cm³/mol. The average molecular weight is 320 g/mol. The number of hydrogen-bond acceptors (Lipinski definition) is 7. The second kappa shape index (κ2) is 7.65. The summed E-state index contributed by atoms with van der Waals surface area (Å²) in [5.74, 6) is 1.92. The second-order valence-corrected chi connectivity index (χ2v) is 5.61. The molecule has 0 atom stereocenters. The van der Waals surface area contributed by atoms with Gasteiger partial charge in [-0.15, -0.1) is 11.3 Å². The Balaban J connectivity index is 2.08. The SMILES string of the molecule is CCOc1cc(C=NNc2nc(N)cs2)ccc1OC(C)C. The van der Waals surface area contributed by atoms with Gasteiger partial charge in [-0.1, -0.05) is 0 Å². The third-order valence-electron chi connectivity index (χ3n) is 2.53. The van der Waals surface area contributed by atoms with Gasteiger partial charge in [-0.25, -0.2) is 4.98 Å². The number of anilines is 2. The van der Waals surface area contributed by atoms with Crippen LogP contribution in [0.4, 0.5) is 10.9 Å². The van der Waals surface area contributed by atoms with Gasteiger partial charge in [0.05, 0.1) is 18.9 Å². The van der Waals surface area contributed by atoms with E-state index in [9.17, 15) is 0 Å². The highest BCUT2D eigenvalue weighted by Gasteiger charge is 2.07. The molecule has 1 heterocycles. The van der Waals surface area contributed by atoms with E-state index in [0.29, 0.717) is 23.3 Å². The van der Waals surface area contributed by atoms with E-state index in [2.05, 4.69) is 15.5 Å². The third kappa shape index (κ3) is 4.63. The Kier molecular flexibility index (Phi) is 5.60. The Bertz CT molecular complexity index is 640. The van der Waals surface area contributed by atoms with Gasteiger partial charge in [-0.05, 0) is 44.5 Å². The molecule has 0 aliphatic heterocycles. The molecular weight excluding hydrogens is 300 g/mol. The maximum atomic E-state index is 5.72. The van der Waals surface area contributed by atoms with Gasteiger partial charge in [0, 0.05) is 5.38 Å². The fourth-order valence-corrected chi connectivity index (χ4v) is 2.27. The largest absolute Gasteiger partial charge is 0.490 e. The van der Waals surface area contributed by atoms with Gasteiger partial charge in [0.25, 0.3) is 0 Å². The molecule has 3 N–H and O–H groups in total. The number of thiazole rings is 1. The van der Waals surface area contributed by atoms with E-state index in [0.717, 1.165) is 11.3 Å². The highest BCUT2D eigenvalue weighted by Crippen LogP contribution is 2.29. The zero-order valence-corrected chi connectivity index (χ0v) is 13.7. The van der Waals surface area contributed by atoms with Crippen molar-refractivity contribution in [3.8, 4) is 11.5 Å². The van der Waals surface area contributed by atoms with Crippen LogP contribution in [-0.2, 0) is 0 Å². The van der Waals surface area contributed by atoms with Crippen LogP contribution in [0.3, 0.4) is 0 Å². The topological polar surface area (TPSA) is 81.8 Å². The molecule has 6 nitrogen and oxygen atoms in total. The Labute approximate surface area is 134 Å². The van der Waals surface area contributed by atoms with E-state index in [4.69, 9.17) is 15.2 Å². The van der Waals surface area contributed by atoms with Crippen LogP contribution >= 0.6 is 11.3 Å². The summed E-state index contributed by atoms with van der Waals surface area (Å²) in [4.78, 5) is 4.06. The Morgan fingerprint density at radius 2 is 2.23 bits per heavy atom. The van der Waals surface area contributed by atoms with Crippen LogP contribution in [0.1, 0.15) is 26.3 Å².